The molecule has 0 atom stereocenters. The van der Waals surface area contributed by atoms with E-state index in [0.717, 1.165) is 12.1 Å². The molecule has 3 aromatic rings. The Kier molecular flexibility index (Phi) is 6.88. The Morgan fingerprint density at radius 3 is 2.49 bits per heavy atom. The average Bonchev–Trinajstić information content (AvgIpc) is 3.24. The largest absolute Gasteiger partial charge is 0.479 e. The van der Waals surface area contributed by atoms with Gasteiger partial charge in [0.05, 0.1) is 24.7 Å². The van der Waals surface area contributed by atoms with E-state index in [1.54, 1.807) is 7.05 Å². The van der Waals surface area contributed by atoms with Crippen LogP contribution < -0.4 is 15.0 Å². The first-order chi connectivity index (χ1) is 16.8. The highest BCUT2D eigenvalue weighted by atomic mass is 19.2. The van der Waals surface area contributed by atoms with Crippen LogP contribution in [0.15, 0.2) is 30.6 Å². The number of aryl methyl sites for hydroxylation is 1. The molecule has 0 spiro atoms. The maximum Gasteiger partial charge on any atom is 0.262 e. The van der Waals surface area contributed by atoms with Crippen molar-refractivity contribution in [3.05, 3.63) is 64.9 Å². The fourth-order valence-electron chi connectivity index (χ4n) is 3.93. The summed E-state index contributed by atoms with van der Waals surface area (Å²) in [5.74, 6) is -4.19. The Morgan fingerprint density at radius 1 is 1.17 bits per heavy atom. The first kappa shape index (κ1) is 24.0. The highest BCUT2D eigenvalue weighted by molar-refractivity contribution is 6.07. The third-order valence-electron chi connectivity index (χ3n) is 5.64. The van der Waals surface area contributed by atoms with E-state index in [1.165, 1.54) is 30.3 Å². The molecule has 0 saturated carbocycles. The molecule has 1 aliphatic heterocycles. The summed E-state index contributed by atoms with van der Waals surface area (Å²) >= 11 is 0. The van der Waals surface area contributed by atoms with E-state index < -0.39 is 23.4 Å². The molecule has 4 rings (SSSR count). The number of carbonyl (C=O) groups is 1. The van der Waals surface area contributed by atoms with Gasteiger partial charge in [-0.05, 0) is 17.7 Å². The molecular weight excluding hydrogens is 463 g/mol. The molecule has 2 aromatic heterocycles. The highest BCUT2D eigenvalue weighted by Crippen LogP contribution is 2.29. The van der Waals surface area contributed by atoms with Crippen LogP contribution in [0.2, 0.25) is 0 Å². The summed E-state index contributed by atoms with van der Waals surface area (Å²) in [6.45, 7) is 2.41. The number of nitriles is 1. The van der Waals surface area contributed by atoms with Crippen molar-refractivity contribution >= 4 is 17.3 Å². The van der Waals surface area contributed by atoms with Gasteiger partial charge in [0.25, 0.3) is 5.91 Å². The first-order valence-corrected chi connectivity index (χ1v) is 10.7. The van der Waals surface area contributed by atoms with Gasteiger partial charge < -0.3 is 15.0 Å². The highest BCUT2D eigenvalue weighted by Gasteiger charge is 2.23. The molecule has 0 bridgehead atoms. The Labute approximate surface area is 199 Å². The third-order valence-corrected chi connectivity index (χ3v) is 5.64. The van der Waals surface area contributed by atoms with Crippen molar-refractivity contribution in [1.29, 1.82) is 5.26 Å². The molecule has 0 unspecified atom stereocenters. The number of hydrogen-bond acceptors (Lipinski definition) is 7. The molecule has 1 saturated heterocycles. The number of amides is 1. The average molecular weight is 485 g/mol. The minimum atomic E-state index is -1.48. The van der Waals surface area contributed by atoms with E-state index in [1.807, 2.05) is 15.9 Å². The van der Waals surface area contributed by atoms with Crippen LogP contribution in [-0.4, -0.2) is 58.9 Å². The van der Waals surface area contributed by atoms with E-state index in [2.05, 4.69) is 15.4 Å². The number of methoxy groups -OCH3 is 1. The summed E-state index contributed by atoms with van der Waals surface area (Å²) in [5.41, 5.74) is 1.75. The number of carbonyl (C=O) groups excluding carboxylic acids is 1. The fraction of sp³-hybridized carbons (Fsp3) is 0.304. The van der Waals surface area contributed by atoms with Crippen molar-refractivity contribution < 1.29 is 22.7 Å². The van der Waals surface area contributed by atoms with E-state index in [9.17, 15) is 23.2 Å². The standard InChI is InChI=1S/C23H22F3N7O2/c1-31-13-16(23(30-31)35-2)22(34)29-19-9-15(10-27)28-11-20(19)33-5-3-32(4-6-33)12-14-7-17(24)21(26)18(25)8-14/h7-9,11,13H,3-6,12H2,1-2H3,(H,28,29,34). The van der Waals surface area contributed by atoms with Crippen LogP contribution in [0.1, 0.15) is 21.6 Å². The molecule has 3 heterocycles. The molecule has 12 heteroatoms. The summed E-state index contributed by atoms with van der Waals surface area (Å²) in [4.78, 5) is 21.0. The van der Waals surface area contributed by atoms with Crippen molar-refractivity contribution in [1.82, 2.24) is 19.7 Å². The zero-order valence-corrected chi connectivity index (χ0v) is 19.1. The second kappa shape index (κ2) is 10.0. The van der Waals surface area contributed by atoms with Crippen LogP contribution in [0.5, 0.6) is 5.88 Å². The van der Waals surface area contributed by atoms with Crippen molar-refractivity contribution in [2.75, 3.05) is 43.5 Å². The van der Waals surface area contributed by atoms with Crippen LogP contribution in [0.25, 0.3) is 0 Å². The van der Waals surface area contributed by atoms with Gasteiger partial charge in [-0.3, -0.25) is 14.4 Å². The van der Waals surface area contributed by atoms with Crippen LogP contribution in [-0.2, 0) is 13.6 Å². The number of pyridine rings is 1. The number of ether oxygens (including phenoxy) is 1. The number of anilines is 2. The van der Waals surface area contributed by atoms with Crippen molar-refractivity contribution in [3.63, 3.8) is 0 Å². The van der Waals surface area contributed by atoms with Gasteiger partial charge >= 0.3 is 0 Å². The third kappa shape index (κ3) is 5.20. The molecule has 1 aliphatic rings. The minimum Gasteiger partial charge on any atom is -0.479 e. The number of benzene rings is 1. The summed E-state index contributed by atoms with van der Waals surface area (Å²) in [7, 11) is 3.08. The maximum atomic E-state index is 13.5. The Morgan fingerprint density at radius 2 is 1.86 bits per heavy atom. The van der Waals surface area contributed by atoms with E-state index in [4.69, 9.17) is 4.74 Å². The number of rotatable bonds is 6. The van der Waals surface area contributed by atoms with E-state index in [-0.39, 0.29) is 23.7 Å². The van der Waals surface area contributed by atoms with Gasteiger partial charge in [0, 0.05) is 52.0 Å². The van der Waals surface area contributed by atoms with Gasteiger partial charge in [0.15, 0.2) is 17.5 Å². The predicted molar refractivity (Wildman–Crippen MR) is 120 cm³/mol. The number of nitrogens with zero attached hydrogens (tertiary/aromatic N) is 6. The molecule has 182 valence electrons. The first-order valence-electron chi connectivity index (χ1n) is 10.7. The zero-order valence-electron chi connectivity index (χ0n) is 19.1. The number of piperazine rings is 1. The Hall–Kier alpha value is -4.11. The SMILES string of the molecule is COc1nn(C)cc1C(=O)Nc1cc(C#N)ncc1N1CCN(Cc2cc(F)c(F)c(F)c2)CC1. The molecular formula is C23H22F3N7O2. The van der Waals surface area contributed by atoms with Crippen LogP contribution in [0.4, 0.5) is 24.5 Å². The van der Waals surface area contributed by atoms with Gasteiger partial charge in [-0.25, -0.2) is 18.2 Å². The van der Waals surface area contributed by atoms with Crippen LogP contribution >= 0.6 is 0 Å². The van der Waals surface area contributed by atoms with Gasteiger partial charge in [-0.15, -0.1) is 5.10 Å². The predicted octanol–water partition coefficient (Wildman–Crippen LogP) is 2.69. The van der Waals surface area contributed by atoms with Gasteiger partial charge in [-0.2, -0.15) is 5.26 Å². The summed E-state index contributed by atoms with van der Waals surface area (Å²) in [6, 6.07) is 5.45. The second-order valence-electron chi connectivity index (χ2n) is 8.01. The lowest BCUT2D eigenvalue weighted by Crippen LogP contribution is -2.46. The van der Waals surface area contributed by atoms with Crippen LogP contribution in [0, 0.1) is 28.8 Å². The number of hydrogen-bond donors (Lipinski definition) is 1. The fourth-order valence-corrected chi connectivity index (χ4v) is 3.93. The van der Waals surface area contributed by atoms with Gasteiger partial charge in [0.1, 0.15) is 17.3 Å². The second-order valence-corrected chi connectivity index (χ2v) is 8.01. The lowest BCUT2D eigenvalue weighted by molar-refractivity contribution is 0.102. The van der Waals surface area contributed by atoms with E-state index in [0.29, 0.717) is 43.1 Å². The summed E-state index contributed by atoms with van der Waals surface area (Å²) in [6.07, 6.45) is 3.05. The Bertz CT molecular complexity index is 1270. The van der Waals surface area contributed by atoms with Crippen molar-refractivity contribution in [3.8, 4) is 11.9 Å². The molecule has 0 radical (unpaired) electrons. The zero-order chi connectivity index (χ0) is 25.1. The molecule has 1 amide bonds. The summed E-state index contributed by atoms with van der Waals surface area (Å²) in [5, 5.41) is 16.2. The molecule has 1 N–H and O–H groups in total. The van der Waals surface area contributed by atoms with Gasteiger partial charge in [0.2, 0.25) is 5.88 Å². The lowest BCUT2D eigenvalue weighted by atomic mass is 10.1. The lowest BCUT2D eigenvalue weighted by Gasteiger charge is -2.36. The topological polar surface area (TPSA) is 99.3 Å². The smallest absolute Gasteiger partial charge is 0.262 e. The van der Waals surface area contributed by atoms with E-state index >= 15 is 0 Å². The molecule has 35 heavy (non-hydrogen) atoms. The molecule has 1 aromatic carbocycles. The number of nitrogens with one attached hydrogen (secondary N) is 1. The number of halogens is 3. The quantitative estimate of drug-likeness (QED) is 0.536. The molecule has 1 fully saturated rings. The minimum absolute atomic E-state index is 0.140. The van der Waals surface area contributed by atoms with Crippen LogP contribution in [0.3, 0.4) is 0 Å². The normalized spacial score (nSPS) is 14.0. The monoisotopic (exact) mass is 485 g/mol. The van der Waals surface area contributed by atoms with Crippen molar-refractivity contribution in [2.24, 2.45) is 7.05 Å². The summed E-state index contributed by atoms with van der Waals surface area (Å²) < 4.78 is 46.9. The van der Waals surface area contributed by atoms with Gasteiger partial charge in [-0.1, -0.05) is 0 Å². The molecule has 9 nitrogen and oxygen atoms in total. The number of aromatic nitrogens is 3. The maximum absolute atomic E-state index is 13.5. The Balaban J connectivity index is 1.49. The van der Waals surface area contributed by atoms with Crippen molar-refractivity contribution in [2.45, 2.75) is 6.54 Å². The molecule has 0 aliphatic carbocycles.